The Hall–Kier alpha value is -1.37. The molecule has 7 heteroatoms. The molecule has 1 saturated heterocycles. The topological polar surface area (TPSA) is 70.6 Å². The van der Waals surface area contributed by atoms with E-state index in [-0.39, 0.29) is 11.7 Å². The van der Waals surface area contributed by atoms with Crippen LogP contribution in [0, 0.1) is 0 Å². The minimum Gasteiger partial charge on any atom is -0.478 e. The summed E-state index contributed by atoms with van der Waals surface area (Å²) in [7, 11) is 0. The first kappa shape index (κ1) is 15.0. The molecule has 0 bridgehead atoms. The van der Waals surface area contributed by atoms with Gasteiger partial charge in [-0.2, -0.15) is 0 Å². The molecule has 1 aromatic rings. The number of carboxylic acids is 1. The van der Waals surface area contributed by atoms with E-state index in [0.717, 1.165) is 19.4 Å². The van der Waals surface area contributed by atoms with E-state index in [1.807, 2.05) is 0 Å². The van der Waals surface area contributed by atoms with Gasteiger partial charge < -0.3 is 20.5 Å². The van der Waals surface area contributed by atoms with E-state index in [4.69, 9.17) is 33.7 Å². The van der Waals surface area contributed by atoms with Gasteiger partial charge in [0.05, 0.1) is 22.4 Å². The average Bonchev–Trinajstić information content (AvgIpc) is 2.91. The number of carboxylic acid groups (broad SMARTS) is 1. The molecule has 2 rings (SSSR count). The smallest absolute Gasteiger partial charge is 0.335 e. The van der Waals surface area contributed by atoms with E-state index < -0.39 is 5.97 Å². The molecule has 1 fully saturated rings. The maximum absolute atomic E-state index is 10.8. The zero-order valence-electron chi connectivity index (χ0n) is 10.7. The predicted molar refractivity (Wildman–Crippen MR) is 81.6 cm³/mol. The highest BCUT2D eigenvalue weighted by Crippen LogP contribution is 2.23. The van der Waals surface area contributed by atoms with Gasteiger partial charge in [-0.05, 0) is 43.3 Å². The molecule has 108 valence electrons. The number of halogens is 1. The predicted octanol–water partition coefficient (Wildman–Crippen LogP) is 2.50. The molecule has 1 atom stereocenters. The van der Waals surface area contributed by atoms with Crippen molar-refractivity contribution < 1.29 is 14.6 Å². The normalized spacial score (nSPS) is 17.8. The number of hydrogen-bond donors (Lipinski definition) is 3. The third-order valence-corrected chi connectivity index (χ3v) is 3.54. The summed E-state index contributed by atoms with van der Waals surface area (Å²) in [5.41, 5.74) is 0.709. The van der Waals surface area contributed by atoms with Crippen LogP contribution in [0.3, 0.4) is 0 Å². The number of nitrogens with one attached hydrogen (secondary N) is 2. The molecule has 0 unspecified atom stereocenters. The quantitative estimate of drug-likeness (QED) is 0.742. The van der Waals surface area contributed by atoms with Gasteiger partial charge in [-0.1, -0.05) is 11.6 Å². The van der Waals surface area contributed by atoms with Crippen LogP contribution in [0.25, 0.3) is 0 Å². The molecule has 1 aliphatic heterocycles. The molecular weight excluding hydrogens is 300 g/mol. The number of thiocarbonyl (C=S) groups is 1. The van der Waals surface area contributed by atoms with Crippen molar-refractivity contribution >= 4 is 40.6 Å². The Bertz CT molecular complexity index is 518. The van der Waals surface area contributed by atoms with Crippen LogP contribution in [0.5, 0.6) is 0 Å². The summed E-state index contributed by atoms with van der Waals surface area (Å²) in [6.45, 7) is 1.45. The Morgan fingerprint density at radius 3 is 2.95 bits per heavy atom. The fourth-order valence-corrected chi connectivity index (χ4v) is 2.35. The Morgan fingerprint density at radius 1 is 1.55 bits per heavy atom. The lowest BCUT2D eigenvalue weighted by Gasteiger charge is -2.14. The molecule has 0 aliphatic carbocycles. The van der Waals surface area contributed by atoms with E-state index in [0.29, 0.717) is 22.4 Å². The summed E-state index contributed by atoms with van der Waals surface area (Å²) in [5, 5.41) is 15.6. The molecule has 1 aromatic carbocycles. The molecule has 0 saturated carbocycles. The zero-order chi connectivity index (χ0) is 14.5. The second-order valence-electron chi connectivity index (χ2n) is 4.47. The molecule has 3 N–H and O–H groups in total. The summed E-state index contributed by atoms with van der Waals surface area (Å²) in [4.78, 5) is 10.8. The summed E-state index contributed by atoms with van der Waals surface area (Å²) < 4.78 is 5.48. The lowest BCUT2D eigenvalue weighted by molar-refractivity contribution is 0.0697. The number of aromatic carboxylic acids is 1. The number of ether oxygens (including phenoxy) is 1. The third kappa shape index (κ3) is 4.06. The molecule has 0 spiro atoms. The SMILES string of the molecule is O=C(O)c1ccc(NC(=S)NC[C@@H]2CCCO2)c(Cl)c1. The largest absolute Gasteiger partial charge is 0.478 e. The van der Waals surface area contributed by atoms with Crippen LogP contribution in [0.15, 0.2) is 18.2 Å². The van der Waals surface area contributed by atoms with E-state index in [2.05, 4.69) is 10.6 Å². The standard InChI is InChI=1S/C13H15ClN2O3S/c14-10-6-8(12(17)18)3-4-11(10)16-13(20)15-7-9-2-1-5-19-9/h3-4,6,9H,1-2,5,7H2,(H,17,18)(H2,15,16,20)/t9-/m0/s1. The van der Waals surface area contributed by atoms with Gasteiger partial charge in [0.2, 0.25) is 0 Å². The van der Waals surface area contributed by atoms with Crippen molar-refractivity contribution in [3.8, 4) is 0 Å². The first-order valence-electron chi connectivity index (χ1n) is 6.25. The van der Waals surface area contributed by atoms with Crippen molar-refractivity contribution in [2.75, 3.05) is 18.5 Å². The zero-order valence-corrected chi connectivity index (χ0v) is 12.3. The highest BCUT2D eigenvalue weighted by molar-refractivity contribution is 7.80. The van der Waals surface area contributed by atoms with Crippen LogP contribution in [0.2, 0.25) is 5.02 Å². The molecule has 5 nitrogen and oxygen atoms in total. The van der Waals surface area contributed by atoms with Crippen LogP contribution >= 0.6 is 23.8 Å². The summed E-state index contributed by atoms with van der Waals surface area (Å²) in [5.74, 6) is -1.02. The van der Waals surface area contributed by atoms with Gasteiger partial charge in [0.25, 0.3) is 0 Å². The van der Waals surface area contributed by atoms with Gasteiger partial charge >= 0.3 is 5.97 Å². The molecule has 0 aromatic heterocycles. The van der Waals surface area contributed by atoms with E-state index in [1.54, 1.807) is 6.07 Å². The maximum atomic E-state index is 10.8. The van der Waals surface area contributed by atoms with Crippen molar-refractivity contribution in [1.29, 1.82) is 0 Å². The Kier molecular flexibility index (Phi) is 5.17. The van der Waals surface area contributed by atoms with E-state index >= 15 is 0 Å². The summed E-state index contributed by atoms with van der Waals surface area (Å²) in [6, 6.07) is 4.44. The fraction of sp³-hybridized carbons (Fsp3) is 0.385. The van der Waals surface area contributed by atoms with Crippen LogP contribution in [-0.2, 0) is 4.74 Å². The summed E-state index contributed by atoms with van der Waals surface area (Å²) in [6.07, 6.45) is 2.30. The Morgan fingerprint density at radius 2 is 2.35 bits per heavy atom. The maximum Gasteiger partial charge on any atom is 0.335 e. The molecule has 0 amide bonds. The number of benzene rings is 1. The van der Waals surface area contributed by atoms with Gasteiger partial charge in [0.15, 0.2) is 5.11 Å². The van der Waals surface area contributed by atoms with Crippen molar-refractivity contribution in [2.45, 2.75) is 18.9 Å². The van der Waals surface area contributed by atoms with Gasteiger partial charge in [-0.25, -0.2) is 4.79 Å². The van der Waals surface area contributed by atoms with Crippen molar-refractivity contribution in [1.82, 2.24) is 5.32 Å². The van der Waals surface area contributed by atoms with E-state index in [9.17, 15) is 4.79 Å². The second kappa shape index (κ2) is 6.88. The van der Waals surface area contributed by atoms with Crippen molar-refractivity contribution in [3.05, 3.63) is 28.8 Å². The lowest BCUT2D eigenvalue weighted by Crippen LogP contribution is -2.34. The number of carbonyl (C=O) groups is 1. The minimum atomic E-state index is -1.02. The van der Waals surface area contributed by atoms with Crippen LogP contribution in [0.1, 0.15) is 23.2 Å². The lowest BCUT2D eigenvalue weighted by atomic mass is 10.2. The van der Waals surface area contributed by atoms with Gasteiger partial charge in [-0.15, -0.1) is 0 Å². The Balaban J connectivity index is 1.88. The van der Waals surface area contributed by atoms with Gasteiger partial charge in [0.1, 0.15) is 0 Å². The molecule has 1 aliphatic rings. The second-order valence-corrected chi connectivity index (χ2v) is 5.29. The molecule has 0 radical (unpaired) electrons. The van der Waals surface area contributed by atoms with Crippen molar-refractivity contribution in [2.24, 2.45) is 0 Å². The van der Waals surface area contributed by atoms with Crippen LogP contribution in [-0.4, -0.2) is 35.4 Å². The number of hydrogen-bond acceptors (Lipinski definition) is 3. The van der Waals surface area contributed by atoms with Gasteiger partial charge in [-0.3, -0.25) is 0 Å². The summed E-state index contributed by atoms with van der Waals surface area (Å²) >= 11 is 11.2. The number of anilines is 1. The minimum absolute atomic E-state index is 0.138. The monoisotopic (exact) mass is 314 g/mol. The molecule has 20 heavy (non-hydrogen) atoms. The first-order chi connectivity index (χ1) is 9.56. The van der Waals surface area contributed by atoms with E-state index in [1.165, 1.54) is 12.1 Å². The first-order valence-corrected chi connectivity index (χ1v) is 7.04. The van der Waals surface area contributed by atoms with Crippen LogP contribution in [0.4, 0.5) is 5.69 Å². The Labute approximate surface area is 127 Å². The van der Waals surface area contributed by atoms with Gasteiger partial charge in [0, 0.05) is 13.2 Å². The van der Waals surface area contributed by atoms with Crippen molar-refractivity contribution in [3.63, 3.8) is 0 Å². The molecular formula is C13H15ClN2O3S. The average molecular weight is 315 g/mol. The third-order valence-electron chi connectivity index (χ3n) is 2.98. The van der Waals surface area contributed by atoms with Crippen LogP contribution < -0.4 is 10.6 Å². The highest BCUT2D eigenvalue weighted by atomic mass is 35.5. The highest BCUT2D eigenvalue weighted by Gasteiger charge is 2.15. The number of rotatable bonds is 4. The fourth-order valence-electron chi connectivity index (χ4n) is 1.93. The molecule has 1 heterocycles.